The topological polar surface area (TPSA) is 77.4 Å². The first-order chi connectivity index (χ1) is 17.7. The average molecular weight is 516 g/mol. The maximum Gasteiger partial charge on any atom is 0.233 e. The van der Waals surface area contributed by atoms with Crippen molar-refractivity contribution in [3.05, 3.63) is 46.6 Å². The molecule has 0 unspecified atom stereocenters. The van der Waals surface area contributed by atoms with E-state index in [4.69, 9.17) is 16.1 Å². The van der Waals surface area contributed by atoms with Crippen LogP contribution in [-0.4, -0.2) is 21.7 Å². The zero-order valence-corrected chi connectivity index (χ0v) is 24.0. The summed E-state index contributed by atoms with van der Waals surface area (Å²) in [5, 5.41) is 4.18. The van der Waals surface area contributed by atoms with Crippen LogP contribution in [0.15, 0.2) is 27.9 Å². The second kappa shape index (κ2) is 7.77. The molecule has 1 aromatic heterocycles. The number of fused-ring (bicyclic) bond motifs is 7. The van der Waals surface area contributed by atoms with Crippen molar-refractivity contribution in [2.45, 2.75) is 98.8 Å². The van der Waals surface area contributed by atoms with Gasteiger partial charge in [0.2, 0.25) is 11.6 Å². The molecular weight excluding hydrogens is 474 g/mol. The van der Waals surface area contributed by atoms with Gasteiger partial charge < -0.3 is 9.32 Å². The van der Waals surface area contributed by atoms with Crippen LogP contribution < -0.4 is 0 Å². The van der Waals surface area contributed by atoms with Crippen molar-refractivity contribution in [1.82, 2.24) is 10.1 Å². The van der Waals surface area contributed by atoms with E-state index in [1.54, 1.807) is 0 Å². The highest BCUT2D eigenvalue weighted by molar-refractivity contribution is 6.01. The third-order valence-corrected chi connectivity index (χ3v) is 12.4. The van der Waals surface area contributed by atoms with Crippen molar-refractivity contribution in [2.24, 2.45) is 45.3 Å². The normalized spacial score (nSPS) is 45.5. The van der Waals surface area contributed by atoms with Gasteiger partial charge in [-0.25, -0.2) is 4.85 Å². The molecule has 6 rings (SSSR count). The maximum atomic E-state index is 14.5. The Hall–Kier alpha value is -2.55. The van der Waals surface area contributed by atoms with E-state index in [2.05, 4.69) is 44.6 Å². The number of carbonyl (C=O) groups excluding carboxylic acids is 2. The molecule has 0 radical (unpaired) electrons. The smallest absolute Gasteiger partial charge is 0.233 e. The SMILES string of the molecule is [C-]#[N+]C1=C[C@]2(C)C3=CC(=O)[C@@H]4[C@@H]5CC(C)(C)CC[C@]5(c5nc(C)no5)CC[C@@]4(C)[C@]3(C)CC[C@H]2[C@H](C)C1=O. The highest BCUT2D eigenvalue weighted by Gasteiger charge is 2.70. The minimum atomic E-state index is -0.464. The Morgan fingerprint density at radius 1 is 1.03 bits per heavy atom. The largest absolute Gasteiger partial charge is 0.339 e. The van der Waals surface area contributed by atoms with Crippen LogP contribution in [0, 0.1) is 58.8 Å². The Kier molecular flexibility index (Phi) is 5.26. The number of rotatable bonds is 1. The number of aryl methyl sites for hydroxylation is 1. The van der Waals surface area contributed by atoms with Gasteiger partial charge in [-0.15, -0.1) is 0 Å². The van der Waals surface area contributed by atoms with Crippen molar-refractivity contribution in [1.29, 1.82) is 0 Å². The van der Waals surface area contributed by atoms with Gasteiger partial charge in [0.1, 0.15) is 0 Å². The number of nitrogens with zero attached hydrogens (tertiary/aromatic N) is 3. The highest BCUT2D eigenvalue weighted by atomic mass is 16.5. The maximum absolute atomic E-state index is 14.5. The third-order valence-electron chi connectivity index (χ3n) is 12.4. The van der Waals surface area contributed by atoms with Gasteiger partial charge in [-0.1, -0.05) is 58.3 Å². The molecule has 5 aliphatic rings. The van der Waals surface area contributed by atoms with Crippen LogP contribution in [0.25, 0.3) is 4.85 Å². The van der Waals surface area contributed by atoms with Crippen LogP contribution in [0.2, 0.25) is 0 Å². The van der Waals surface area contributed by atoms with Gasteiger partial charge in [0.15, 0.2) is 17.4 Å². The molecule has 3 fully saturated rings. The van der Waals surface area contributed by atoms with Gasteiger partial charge >= 0.3 is 0 Å². The molecule has 0 aromatic carbocycles. The lowest BCUT2D eigenvalue weighted by Crippen LogP contribution is -2.65. The summed E-state index contributed by atoms with van der Waals surface area (Å²) < 4.78 is 5.89. The molecule has 6 heteroatoms. The quantitative estimate of drug-likeness (QED) is 0.384. The molecule has 202 valence electrons. The summed E-state index contributed by atoms with van der Waals surface area (Å²) in [7, 11) is 0. The van der Waals surface area contributed by atoms with E-state index in [0.717, 1.165) is 56.4 Å². The second-order valence-corrected chi connectivity index (χ2v) is 14.7. The van der Waals surface area contributed by atoms with Crippen molar-refractivity contribution in [3.8, 4) is 0 Å². The molecule has 8 atom stereocenters. The predicted octanol–water partition coefficient (Wildman–Crippen LogP) is 6.81. The fraction of sp³-hybridized carbons (Fsp3) is 0.719. The molecule has 0 bridgehead atoms. The average Bonchev–Trinajstić information content (AvgIpc) is 3.29. The van der Waals surface area contributed by atoms with Gasteiger partial charge in [-0.05, 0) is 86.0 Å². The summed E-state index contributed by atoms with van der Waals surface area (Å²) in [5.41, 5.74) is 0.388. The van der Waals surface area contributed by atoms with Crippen LogP contribution >= 0.6 is 0 Å². The lowest BCUT2D eigenvalue weighted by Gasteiger charge is -2.68. The standard InChI is InChI=1S/C32H41N3O3/c1-18-20-9-10-30(6)24(29(20,5)17-22(33-8)26(18)37)15-23(36)25-21-16-28(3,4)11-13-32(21,14-12-31(25,30)7)27-34-19(2)35-38-27/h15,17-18,20-21,25H,9-14,16H2,1-7H3/t18-,20-,21-,25-,29-,30+,31+,32-/m0/s1. The fourth-order valence-electron chi connectivity index (χ4n) is 10.1. The molecule has 38 heavy (non-hydrogen) atoms. The summed E-state index contributed by atoms with van der Waals surface area (Å²) in [5.74, 6) is 1.48. The predicted molar refractivity (Wildman–Crippen MR) is 144 cm³/mol. The van der Waals surface area contributed by atoms with Crippen molar-refractivity contribution >= 4 is 11.6 Å². The van der Waals surface area contributed by atoms with E-state index in [1.165, 1.54) is 0 Å². The zero-order valence-electron chi connectivity index (χ0n) is 24.0. The van der Waals surface area contributed by atoms with Crippen LogP contribution in [0.4, 0.5) is 0 Å². The molecule has 1 heterocycles. The third kappa shape index (κ3) is 3.05. The number of aromatic nitrogens is 2. The van der Waals surface area contributed by atoms with E-state index in [0.29, 0.717) is 5.82 Å². The molecule has 0 spiro atoms. The summed E-state index contributed by atoms with van der Waals surface area (Å²) >= 11 is 0. The van der Waals surface area contributed by atoms with Crippen LogP contribution in [-0.2, 0) is 15.0 Å². The van der Waals surface area contributed by atoms with Gasteiger partial charge in [0.25, 0.3) is 0 Å². The van der Waals surface area contributed by atoms with E-state index in [1.807, 2.05) is 26.0 Å². The molecule has 0 amide bonds. The molecule has 1 aromatic rings. The van der Waals surface area contributed by atoms with Gasteiger partial charge in [-0.2, -0.15) is 4.98 Å². The Bertz CT molecular complexity index is 1350. The van der Waals surface area contributed by atoms with Gasteiger partial charge in [-0.3, -0.25) is 4.79 Å². The van der Waals surface area contributed by atoms with Crippen LogP contribution in [0.5, 0.6) is 0 Å². The number of ketones is 2. The fourth-order valence-corrected chi connectivity index (χ4v) is 10.1. The zero-order chi connectivity index (χ0) is 27.5. The van der Waals surface area contributed by atoms with Crippen molar-refractivity contribution in [3.63, 3.8) is 0 Å². The summed E-state index contributed by atoms with van der Waals surface area (Å²) in [6, 6.07) is 0. The molecule has 0 N–H and O–H groups in total. The highest BCUT2D eigenvalue weighted by Crippen LogP contribution is 2.73. The molecule has 5 aliphatic carbocycles. The first-order valence-electron chi connectivity index (χ1n) is 14.4. The van der Waals surface area contributed by atoms with E-state index < -0.39 is 5.41 Å². The van der Waals surface area contributed by atoms with E-state index >= 15 is 0 Å². The molecule has 6 nitrogen and oxygen atoms in total. The molecule has 0 saturated heterocycles. The van der Waals surface area contributed by atoms with E-state index in [-0.39, 0.29) is 62.6 Å². The monoisotopic (exact) mass is 515 g/mol. The second-order valence-electron chi connectivity index (χ2n) is 14.7. The van der Waals surface area contributed by atoms with Crippen molar-refractivity contribution in [2.75, 3.05) is 0 Å². The van der Waals surface area contributed by atoms with Gasteiger partial charge in [0, 0.05) is 17.3 Å². The van der Waals surface area contributed by atoms with E-state index in [9.17, 15) is 9.59 Å². The summed E-state index contributed by atoms with van der Waals surface area (Å²) in [4.78, 5) is 35.8. The number of allylic oxidation sites excluding steroid dienone is 4. The minimum Gasteiger partial charge on any atom is -0.339 e. The molecular formula is C32H41N3O3. The first kappa shape index (κ1) is 25.7. The molecule has 3 saturated carbocycles. The molecule has 0 aliphatic heterocycles. The van der Waals surface area contributed by atoms with Crippen LogP contribution in [0.1, 0.15) is 98.2 Å². The first-order valence-corrected chi connectivity index (χ1v) is 14.4. The Morgan fingerprint density at radius 2 is 1.74 bits per heavy atom. The Labute approximate surface area is 226 Å². The van der Waals surface area contributed by atoms with Crippen LogP contribution in [0.3, 0.4) is 0 Å². The lowest BCUT2D eigenvalue weighted by molar-refractivity contribution is -0.159. The summed E-state index contributed by atoms with van der Waals surface area (Å²) in [6.07, 6.45) is 10.7. The number of hydrogen-bond donors (Lipinski definition) is 0. The Morgan fingerprint density at radius 3 is 2.39 bits per heavy atom. The number of carbonyl (C=O) groups is 2. The lowest BCUT2D eigenvalue weighted by atomic mass is 9.35. The number of hydrogen-bond acceptors (Lipinski definition) is 5. The Balaban J connectivity index is 1.53. The summed E-state index contributed by atoms with van der Waals surface area (Å²) in [6.45, 7) is 23.1. The van der Waals surface area contributed by atoms with Crippen molar-refractivity contribution < 1.29 is 14.1 Å². The minimum absolute atomic E-state index is 0.0420. The number of Topliss-reactive ketones (excluding diaryl/α,β-unsaturated/α-hetero) is 1. The van der Waals surface area contributed by atoms with Gasteiger partial charge in [0.05, 0.1) is 12.0 Å².